The molecule has 2 aromatic rings. The number of fused-ring (bicyclic) bond motifs is 1. The molecule has 4 rings (SSSR count). The van der Waals surface area contributed by atoms with Crippen molar-refractivity contribution >= 4 is 46.4 Å². The van der Waals surface area contributed by atoms with Gasteiger partial charge in [-0.3, -0.25) is 4.99 Å². The number of anilines is 1. The molecule has 0 spiro atoms. The summed E-state index contributed by atoms with van der Waals surface area (Å²) in [4.78, 5) is 12.0. The van der Waals surface area contributed by atoms with E-state index in [1.807, 2.05) is 6.07 Å². The van der Waals surface area contributed by atoms with E-state index in [-0.39, 0.29) is 35.6 Å². The van der Waals surface area contributed by atoms with E-state index in [2.05, 4.69) is 59.9 Å². The lowest BCUT2D eigenvalue weighted by molar-refractivity contribution is 0.0694. The third-order valence-corrected chi connectivity index (χ3v) is 6.54. The number of nitrogens with zero attached hydrogens (tertiary/aromatic N) is 3. The predicted octanol–water partition coefficient (Wildman–Crippen LogP) is 4.76. The van der Waals surface area contributed by atoms with Gasteiger partial charge in [0.2, 0.25) is 0 Å². The van der Waals surface area contributed by atoms with Crippen molar-refractivity contribution in [2.45, 2.75) is 58.1 Å². The monoisotopic (exact) mass is 555 g/mol. The van der Waals surface area contributed by atoms with Crippen LogP contribution in [0.4, 0.5) is 5.13 Å². The van der Waals surface area contributed by atoms with Crippen molar-refractivity contribution < 1.29 is 4.74 Å². The molecular weight excluding hydrogens is 521 g/mol. The van der Waals surface area contributed by atoms with Gasteiger partial charge in [-0.05, 0) is 39.7 Å². The molecule has 8 heteroatoms. The van der Waals surface area contributed by atoms with Gasteiger partial charge >= 0.3 is 0 Å². The summed E-state index contributed by atoms with van der Waals surface area (Å²) in [6.45, 7) is 10.2. The molecule has 1 aromatic heterocycles. The molecule has 1 fully saturated rings. The Morgan fingerprint density at radius 2 is 2.06 bits per heavy atom. The summed E-state index contributed by atoms with van der Waals surface area (Å²) < 4.78 is 6.16. The first kappa shape index (κ1) is 24.1. The molecule has 0 amide bonds. The van der Waals surface area contributed by atoms with E-state index in [1.165, 1.54) is 18.4 Å². The van der Waals surface area contributed by atoms with Gasteiger partial charge in [-0.2, -0.15) is 0 Å². The Labute approximate surface area is 206 Å². The number of rotatable bonds is 6. The van der Waals surface area contributed by atoms with Crippen LogP contribution < -0.4 is 20.3 Å². The Balaban J connectivity index is 0.00000272. The largest absolute Gasteiger partial charge is 0.487 e. The molecule has 0 bridgehead atoms. The zero-order valence-corrected chi connectivity index (χ0v) is 21.8. The van der Waals surface area contributed by atoms with Crippen LogP contribution in [0.5, 0.6) is 5.75 Å². The third-order valence-electron chi connectivity index (χ3n) is 5.59. The fourth-order valence-corrected chi connectivity index (χ4v) is 5.08. The quantitative estimate of drug-likeness (QED) is 0.306. The minimum atomic E-state index is -0.212. The first-order valence-corrected chi connectivity index (χ1v) is 11.9. The maximum atomic E-state index is 6.16. The van der Waals surface area contributed by atoms with Crippen LogP contribution in [0.15, 0.2) is 34.6 Å². The summed E-state index contributed by atoms with van der Waals surface area (Å²) in [5.41, 5.74) is 2.12. The zero-order chi connectivity index (χ0) is 21.0. The van der Waals surface area contributed by atoms with Gasteiger partial charge in [-0.1, -0.05) is 18.2 Å². The van der Waals surface area contributed by atoms with Crippen LogP contribution in [-0.2, 0) is 6.42 Å². The van der Waals surface area contributed by atoms with Crippen LogP contribution >= 0.6 is 35.3 Å². The number of aromatic nitrogens is 1. The van der Waals surface area contributed by atoms with Gasteiger partial charge in [0.25, 0.3) is 0 Å². The maximum absolute atomic E-state index is 6.16. The molecule has 0 radical (unpaired) electrons. The summed E-state index contributed by atoms with van der Waals surface area (Å²) in [5.74, 6) is 1.81. The lowest BCUT2D eigenvalue weighted by atomic mass is 9.90. The van der Waals surface area contributed by atoms with Gasteiger partial charge in [0.15, 0.2) is 11.1 Å². The number of benzene rings is 1. The van der Waals surface area contributed by atoms with Crippen molar-refractivity contribution in [3.8, 4) is 5.75 Å². The standard InChI is InChI=1S/C23H33N5OS.HI/c1-4-24-21(25-12-11-17-16-30-22(26-17)28-13-7-8-14-28)27-19-15-23(2,3)29-20-10-6-5-9-18(19)20;/h5-6,9-10,16,19H,4,7-8,11-15H2,1-3H3,(H2,24,25,27);1H. The first-order chi connectivity index (χ1) is 14.5. The molecule has 1 aromatic carbocycles. The fourth-order valence-electron chi connectivity index (χ4n) is 4.16. The number of thiazole rings is 1. The highest BCUT2D eigenvalue weighted by Gasteiger charge is 2.33. The Morgan fingerprint density at radius 1 is 1.29 bits per heavy atom. The third kappa shape index (κ3) is 6.25. The molecule has 0 saturated carbocycles. The highest BCUT2D eigenvalue weighted by Crippen LogP contribution is 2.39. The average molecular weight is 556 g/mol. The maximum Gasteiger partial charge on any atom is 0.191 e. The number of aliphatic imine (C=N–C) groups is 1. The lowest BCUT2D eigenvalue weighted by Crippen LogP contribution is -2.45. The summed E-state index contributed by atoms with van der Waals surface area (Å²) in [6.07, 6.45) is 4.31. The first-order valence-electron chi connectivity index (χ1n) is 11.1. The lowest BCUT2D eigenvalue weighted by Gasteiger charge is -2.38. The molecule has 170 valence electrons. The van der Waals surface area contributed by atoms with E-state index in [0.717, 1.165) is 55.0 Å². The average Bonchev–Trinajstić information content (AvgIpc) is 3.39. The molecule has 2 N–H and O–H groups in total. The van der Waals surface area contributed by atoms with Gasteiger partial charge < -0.3 is 20.3 Å². The molecular formula is C23H34IN5OS. The fraction of sp³-hybridized carbons (Fsp3) is 0.565. The zero-order valence-electron chi connectivity index (χ0n) is 18.7. The van der Waals surface area contributed by atoms with Gasteiger partial charge in [0.05, 0.1) is 11.7 Å². The summed E-state index contributed by atoms with van der Waals surface area (Å²) in [7, 11) is 0. The van der Waals surface area contributed by atoms with Crippen molar-refractivity contribution in [3.63, 3.8) is 0 Å². The second-order valence-electron chi connectivity index (χ2n) is 8.63. The number of halogens is 1. The van der Waals surface area contributed by atoms with Crippen LogP contribution in [0.3, 0.4) is 0 Å². The summed E-state index contributed by atoms with van der Waals surface area (Å²) in [6, 6.07) is 8.46. The summed E-state index contributed by atoms with van der Waals surface area (Å²) >= 11 is 1.76. The smallest absolute Gasteiger partial charge is 0.191 e. The summed E-state index contributed by atoms with van der Waals surface area (Å²) in [5, 5.41) is 10.4. The van der Waals surface area contributed by atoms with E-state index in [0.29, 0.717) is 6.54 Å². The van der Waals surface area contributed by atoms with Gasteiger partial charge in [-0.15, -0.1) is 35.3 Å². The molecule has 1 unspecified atom stereocenters. The highest BCUT2D eigenvalue weighted by atomic mass is 127. The van der Waals surface area contributed by atoms with Crippen molar-refractivity contribution in [2.75, 3.05) is 31.1 Å². The van der Waals surface area contributed by atoms with Crippen LogP contribution in [-0.4, -0.2) is 42.7 Å². The van der Waals surface area contributed by atoms with Gasteiger partial charge in [-0.25, -0.2) is 4.98 Å². The number of hydrogen-bond acceptors (Lipinski definition) is 5. The van der Waals surface area contributed by atoms with Crippen molar-refractivity contribution in [3.05, 3.63) is 40.9 Å². The minimum absolute atomic E-state index is 0. The van der Waals surface area contributed by atoms with E-state index in [9.17, 15) is 0 Å². The van der Waals surface area contributed by atoms with Crippen LogP contribution in [0.25, 0.3) is 0 Å². The van der Waals surface area contributed by atoms with Crippen molar-refractivity contribution in [1.82, 2.24) is 15.6 Å². The second-order valence-corrected chi connectivity index (χ2v) is 9.46. The molecule has 6 nitrogen and oxygen atoms in total. The van der Waals surface area contributed by atoms with Crippen molar-refractivity contribution in [1.29, 1.82) is 0 Å². The molecule has 2 aliphatic heterocycles. The Morgan fingerprint density at radius 3 is 2.84 bits per heavy atom. The number of guanidine groups is 1. The van der Waals surface area contributed by atoms with E-state index in [1.54, 1.807) is 11.3 Å². The second kappa shape index (κ2) is 10.8. The number of ether oxygens (including phenoxy) is 1. The molecule has 1 saturated heterocycles. The normalized spacial score (nSPS) is 19.9. The van der Waals surface area contributed by atoms with E-state index >= 15 is 0 Å². The van der Waals surface area contributed by atoms with Crippen molar-refractivity contribution in [2.24, 2.45) is 4.99 Å². The molecule has 2 aliphatic rings. The van der Waals surface area contributed by atoms with Crippen LogP contribution in [0, 0.1) is 0 Å². The van der Waals surface area contributed by atoms with E-state index < -0.39 is 0 Å². The highest BCUT2D eigenvalue weighted by molar-refractivity contribution is 14.0. The van der Waals surface area contributed by atoms with Gasteiger partial charge in [0, 0.05) is 50.0 Å². The van der Waals surface area contributed by atoms with Gasteiger partial charge in [0.1, 0.15) is 11.4 Å². The number of hydrogen-bond donors (Lipinski definition) is 2. The number of para-hydroxylation sites is 1. The molecule has 0 aliphatic carbocycles. The molecule has 31 heavy (non-hydrogen) atoms. The van der Waals surface area contributed by atoms with Crippen LogP contribution in [0.2, 0.25) is 0 Å². The van der Waals surface area contributed by atoms with Crippen LogP contribution in [0.1, 0.15) is 57.3 Å². The topological polar surface area (TPSA) is 61.8 Å². The Hall–Kier alpha value is -1.55. The Kier molecular flexibility index (Phi) is 8.43. The van der Waals surface area contributed by atoms with E-state index in [4.69, 9.17) is 14.7 Å². The Bertz CT molecular complexity index is 878. The molecule has 1 atom stereocenters. The predicted molar refractivity (Wildman–Crippen MR) is 140 cm³/mol. The number of nitrogens with one attached hydrogen (secondary N) is 2. The minimum Gasteiger partial charge on any atom is -0.487 e. The SMILES string of the molecule is CCNC(=NCCc1csc(N2CCCC2)n1)NC1CC(C)(C)Oc2ccccc21.I. The molecule has 3 heterocycles.